The lowest BCUT2D eigenvalue weighted by atomic mass is 10.2. The average Bonchev–Trinajstić information content (AvgIpc) is 2.65. The van der Waals surface area contributed by atoms with Gasteiger partial charge >= 0.3 is 0 Å². The van der Waals surface area contributed by atoms with E-state index in [0.29, 0.717) is 17.0 Å². The first-order valence-corrected chi connectivity index (χ1v) is 8.15. The van der Waals surface area contributed by atoms with E-state index in [9.17, 15) is 13.5 Å². The van der Waals surface area contributed by atoms with E-state index in [1.54, 1.807) is 18.2 Å². The third-order valence-electron chi connectivity index (χ3n) is 3.93. The van der Waals surface area contributed by atoms with Crippen molar-refractivity contribution in [3.05, 3.63) is 28.7 Å². The number of nitrogens with zero attached hydrogens (tertiary/aromatic N) is 2. The van der Waals surface area contributed by atoms with E-state index in [0.717, 1.165) is 26.2 Å². The van der Waals surface area contributed by atoms with Gasteiger partial charge in [0.25, 0.3) is 0 Å². The summed E-state index contributed by atoms with van der Waals surface area (Å²) in [5.41, 5.74) is 0.592. The molecular formula is C14H18N2O3S. The van der Waals surface area contributed by atoms with E-state index in [2.05, 4.69) is 16.8 Å². The summed E-state index contributed by atoms with van der Waals surface area (Å²) in [5.74, 6) is -0.160. The van der Waals surface area contributed by atoms with Crippen LogP contribution in [0.4, 0.5) is 0 Å². The highest BCUT2D eigenvalue weighted by Gasteiger charge is 2.33. The van der Waals surface area contributed by atoms with Crippen LogP contribution in [0.1, 0.15) is 5.56 Å². The third-order valence-corrected chi connectivity index (χ3v) is 5.85. The molecule has 2 heterocycles. The molecule has 0 saturated carbocycles. The number of piperazine rings is 1. The zero-order valence-electron chi connectivity index (χ0n) is 11.4. The van der Waals surface area contributed by atoms with Crippen molar-refractivity contribution in [2.75, 3.05) is 39.8 Å². The fourth-order valence-corrected chi connectivity index (χ4v) is 4.37. The lowest BCUT2D eigenvalue weighted by Gasteiger charge is -2.32. The van der Waals surface area contributed by atoms with E-state index in [4.69, 9.17) is 0 Å². The topological polar surface area (TPSA) is 60.9 Å². The summed E-state index contributed by atoms with van der Waals surface area (Å²) in [4.78, 5) is 4.82. The molecule has 0 bridgehead atoms. The molecular weight excluding hydrogens is 276 g/mol. The third kappa shape index (κ3) is 2.24. The van der Waals surface area contributed by atoms with Gasteiger partial charge in [0.2, 0.25) is 9.84 Å². The number of phenols is 1. The van der Waals surface area contributed by atoms with Crippen LogP contribution < -0.4 is 0 Å². The number of rotatable bonds is 2. The fraction of sp³-hybridized carbons (Fsp3) is 0.429. The highest BCUT2D eigenvalue weighted by Crippen LogP contribution is 2.38. The zero-order valence-corrected chi connectivity index (χ0v) is 12.2. The molecule has 1 N–H and O–H groups in total. The summed E-state index contributed by atoms with van der Waals surface area (Å²) in [5, 5.41) is 9.79. The lowest BCUT2D eigenvalue weighted by Crippen LogP contribution is -2.45. The molecule has 0 amide bonds. The molecule has 1 saturated heterocycles. The number of aromatic hydroxyl groups is 1. The van der Waals surface area contributed by atoms with Gasteiger partial charge in [-0.25, -0.2) is 8.42 Å². The van der Waals surface area contributed by atoms with Gasteiger partial charge in [0.05, 0.1) is 4.91 Å². The summed E-state index contributed by atoms with van der Waals surface area (Å²) >= 11 is 0. The Hall–Kier alpha value is -1.37. The Morgan fingerprint density at radius 2 is 1.90 bits per heavy atom. The lowest BCUT2D eigenvalue weighted by molar-refractivity contribution is 0.166. The normalized spacial score (nSPS) is 22.6. The van der Waals surface area contributed by atoms with Gasteiger partial charge in [0.1, 0.15) is 10.6 Å². The maximum Gasteiger partial charge on any atom is 0.208 e. The summed E-state index contributed by atoms with van der Waals surface area (Å²) in [6.45, 7) is 4.05. The van der Waals surface area contributed by atoms with E-state index in [1.807, 2.05) is 0 Å². The second kappa shape index (κ2) is 4.87. The number of hydrogen-bond donors (Lipinski definition) is 1. The van der Waals surface area contributed by atoms with Gasteiger partial charge in [-0.05, 0) is 24.8 Å². The van der Waals surface area contributed by atoms with Crippen molar-refractivity contribution in [3.8, 4) is 5.75 Å². The molecule has 6 heteroatoms. The van der Waals surface area contributed by atoms with Crippen LogP contribution in [0.5, 0.6) is 5.75 Å². The van der Waals surface area contributed by atoms with Crippen LogP contribution >= 0.6 is 0 Å². The van der Waals surface area contributed by atoms with Gasteiger partial charge in [-0.3, -0.25) is 4.90 Å². The Morgan fingerprint density at radius 1 is 1.20 bits per heavy atom. The van der Waals surface area contributed by atoms with Crippen molar-refractivity contribution in [1.29, 1.82) is 0 Å². The van der Waals surface area contributed by atoms with Crippen molar-refractivity contribution in [1.82, 2.24) is 9.80 Å². The quantitative estimate of drug-likeness (QED) is 0.873. The highest BCUT2D eigenvalue weighted by molar-refractivity contribution is 7.96. The number of likely N-dealkylation sites (N-methyl/N-ethyl adjacent to an activating group) is 1. The standard InChI is InChI=1S/C14H18N2O3S/c1-15-5-7-16(8-6-15)10-12-9-11-3-2-4-13(17)14(11)20(12,18)19/h2-4,9,17H,5-8,10H2,1H3. The molecule has 0 radical (unpaired) electrons. The van der Waals surface area contributed by atoms with Gasteiger partial charge in [0, 0.05) is 32.7 Å². The molecule has 1 fully saturated rings. The number of benzene rings is 1. The predicted octanol–water partition coefficient (Wildman–Crippen LogP) is 0.768. The minimum Gasteiger partial charge on any atom is -0.507 e. The Labute approximate surface area is 119 Å². The SMILES string of the molecule is CN1CCN(CC2=Cc3cccc(O)c3S2(=O)=O)CC1. The van der Waals surface area contributed by atoms with Crippen LogP contribution in [0.25, 0.3) is 6.08 Å². The minimum atomic E-state index is -3.53. The minimum absolute atomic E-state index is 0.0594. The monoisotopic (exact) mass is 294 g/mol. The smallest absolute Gasteiger partial charge is 0.208 e. The molecule has 5 nitrogen and oxygen atoms in total. The molecule has 0 aliphatic carbocycles. The molecule has 3 rings (SSSR count). The summed E-state index contributed by atoms with van der Waals surface area (Å²) in [6, 6.07) is 4.81. The first-order valence-electron chi connectivity index (χ1n) is 6.67. The van der Waals surface area contributed by atoms with E-state index in [1.165, 1.54) is 6.07 Å². The van der Waals surface area contributed by atoms with Gasteiger partial charge in [-0.1, -0.05) is 12.1 Å². The average molecular weight is 294 g/mol. The largest absolute Gasteiger partial charge is 0.507 e. The van der Waals surface area contributed by atoms with Crippen molar-refractivity contribution in [2.45, 2.75) is 4.90 Å². The highest BCUT2D eigenvalue weighted by atomic mass is 32.2. The second-order valence-electron chi connectivity index (χ2n) is 5.39. The second-order valence-corrected chi connectivity index (χ2v) is 7.33. The number of fused-ring (bicyclic) bond motifs is 1. The fourth-order valence-electron chi connectivity index (χ4n) is 2.69. The van der Waals surface area contributed by atoms with Crippen LogP contribution in [0, 0.1) is 0 Å². The molecule has 108 valence electrons. The number of hydrogen-bond acceptors (Lipinski definition) is 5. The molecule has 1 aromatic rings. The molecule has 0 spiro atoms. The summed E-state index contributed by atoms with van der Waals surface area (Å²) < 4.78 is 25.0. The van der Waals surface area contributed by atoms with E-state index in [-0.39, 0.29) is 10.6 Å². The molecule has 0 aromatic heterocycles. The van der Waals surface area contributed by atoms with E-state index < -0.39 is 9.84 Å². The first-order chi connectivity index (χ1) is 9.48. The van der Waals surface area contributed by atoms with Gasteiger partial charge in [0.15, 0.2) is 0 Å². The summed E-state index contributed by atoms with van der Waals surface area (Å²) in [7, 11) is -1.47. The first kappa shape index (κ1) is 13.6. The van der Waals surface area contributed by atoms with Crippen LogP contribution in [0.2, 0.25) is 0 Å². The number of phenolic OH excluding ortho intramolecular Hbond substituents is 1. The molecule has 2 aliphatic rings. The van der Waals surface area contributed by atoms with Gasteiger partial charge < -0.3 is 10.0 Å². The van der Waals surface area contributed by atoms with Crippen molar-refractivity contribution in [3.63, 3.8) is 0 Å². The maximum atomic E-state index is 12.5. The zero-order chi connectivity index (χ0) is 14.3. The Morgan fingerprint density at radius 3 is 2.55 bits per heavy atom. The molecule has 0 atom stereocenters. The van der Waals surface area contributed by atoms with E-state index >= 15 is 0 Å². The van der Waals surface area contributed by atoms with Gasteiger partial charge in [-0.15, -0.1) is 0 Å². The maximum absolute atomic E-state index is 12.5. The molecule has 1 aromatic carbocycles. The van der Waals surface area contributed by atoms with Crippen molar-refractivity contribution < 1.29 is 13.5 Å². The molecule has 2 aliphatic heterocycles. The summed E-state index contributed by atoms with van der Waals surface area (Å²) in [6.07, 6.45) is 1.68. The number of sulfone groups is 1. The van der Waals surface area contributed by atoms with Crippen LogP contribution in [-0.4, -0.2) is 63.1 Å². The Kier molecular flexibility index (Phi) is 3.32. The molecule has 20 heavy (non-hydrogen) atoms. The predicted molar refractivity (Wildman–Crippen MR) is 77.2 cm³/mol. The van der Waals surface area contributed by atoms with Crippen LogP contribution in [-0.2, 0) is 9.84 Å². The van der Waals surface area contributed by atoms with Crippen molar-refractivity contribution >= 4 is 15.9 Å². The van der Waals surface area contributed by atoms with Crippen LogP contribution in [0.15, 0.2) is 28.0 Å². The van der Waals surface area contributed by atoms with Crippen LogP contribution in [0.3, 0.4) is 0 Å². The Balaban J connectivity index is 1.85. The van der Waals surface area contributed by atoms with Gasteiger partial charge in [-0.2, -0.15) is 0 Å². The Bertz CT molecular complexity index is 659. The van der Waals surface area contributed by atoms with Crippen molar-refractivity contribution in [2.24, 2.45) is 0 Å². The molecule has 0 unspecified atom stereocenters.